The summed E-state index contributed by atoms with van der Waals surface area (Å²) in [4.78, 5) is 66.7. The van der Waals surface area contributed by atoms with Gasteiger partial charge in [0.05, 0.1) is 11.7 Å². The third-order valence-corrected chi connectivity index (χ3v) is 6.63. The number of ketones is 1. The number of aromatic nitrogens is 1. The largest absolute Gasteiger partial charge is 0.433 e. The molecule has 4 rings (SSSR count). The minimum atomic E-state index is -4.93. The second-order valence-corrected chi connectivity index (χ2v) is 10.0. The Labute approximate surface area is 233 Å². The van der Waals surface area contributed by atoms with Gasteiger partial charge >= 0.3 is 6.18 Å². The highest BCUT2D eigenvalue weighted by Crippen LogP contribution is 2.29. The van der Waals surface area contributed by atoms with Crippen LogP contribution in [-0.2, 0) is 20.6 Å². The van der Waals surface area contributed by atoms with E-state index in [-0.39, 0.29) is 24.6 Å². The first-order chi connectivity index (χ1) is 19.6. The molecule has 1 aromatic heterocycles. The van der Waals surface area contributed by atoms with E-state index >= 15 is 0 Å². The van der Waals surface area contributed by atoms with E-state index in [0.717, 1.165) is 6.07 Å². The highest BCUT2D eigenvalue weighted by molar-refractivity contribution is 6.38. The molecule has 1 aliphatic heterocycles. The number of rotatable bonds is 9. The van der Waals surface area contributed by atoms with Gasteiger partial charge < -0.3 is 21.3 Å². The predicted octanol–water partition coefficient (Wildman–Crippen LogP) is 2.63. The third kappa shape index (κ3) is 6.86. The Balaban J connectivity index is 1.64. The molecule has 0 unspecified atom stereocenters. The summed E-state index contributed by atoms with van der Waals surface area (Å²) in [5, 5.41) is 8.98. The molecule has 2 heterocycles. The number of carbonyl (C=O) groups is 5. The Hall–Kier alpha value is -4.50. The number of nitrogens with one attached hydrogen (secondary N) is 4. The average Bonchev–Trinajstić information content (AvgIpc) is 3.67. The molecule has 1 saturated heterocycles. The molecule has 42 heavy (non-hydrogen) atoms. The Morgan fingerprint density at radius 1 is 1.07 bits per heavy atom. The zero-order valence-corrected chi connectivity index (χ0v) is 21.7. The molecular weight excluding hydrogens is 576 g/mol. The van der Waals surface area contributed by atoms with E-state index in [2.05, 4.69) is 20.9 Å². The van der Waals surface area contributed by atoms with Crippen molar-refractivity contribution in [3.05, 3.63) is 58.7 Å². The fourth-order valence-electron chi connectivity index (χ4n) is 4.38. The van der Waals surface area contributed by atoms with Crippen LogP contribution in [0, 0.1) is 23.4 Å². The van der Waals surface area contributed by atoms with Crippen molar-refractivity contribution in [1.29, 1.82) is 0 Å². The van der Waals surface area contributed by atoms with Crippen molar-refractivity contribution in [2.24, 2.45) is 5.92 Å². The summed E-state index contributed by atoms with van der Waals surface area (Å²) < 4.78 is 82.3. The van der Waals surface area contributed by atoms with Crippen LogP contribution in [-0.4, -0.2) is 52.5 Å². The quantitative estimate of drug-likeness (QED) is 0.198. The van der Waals surface area contributed by atoms with Crippen LogP contribution in [0.3, 0.4) is 0 Å². The van der Waals surface area contributed by atoms with Crippen molar-refractivity contribution in [2.75, 3.05) is 5.32 Å². The molecule has 1 saturated carbocycles. The van der Waals surface area contributed by atoms with Crippen molar-refractivity contribution in [3.63, 3.8) is 0 Å². The molecule has 3 atom stereocenters. The number of hydrogen-bond acceptors (Lipinski definition) is 6. The van der Waals surface area contributed by atoms with Gasteiger partial charge in [0.15, 0.2) is 17.5 Å². The highest BCUT2D eigenvalue weighted by atomic mass is 19.4. The van der Waals surface area contributed by atoms with Gasteiger partial charge in [0.1, 0.15) is 11.3 Å². The number of anilines is 1. The molecule has 1 aromatic carbocycles. The molecule has 2 aliphatic rings. The fraction of sp³-hybridized carbons (Fsp3) is 0.385. The average molecular weight is 599 g/mol. The summed E-state index contributed by atoms with van der Waals surface area (Å²) in [7, 11) is 0. The molecule has 1 aliphatic carbocycles. The van der Waals surface area contributed by atoms with Crippen LogP contribution in [0.2, 0.25) is 0 Å². The summed E-state index contributed by atoms with van der Waals surface area (Å²) in [5.74, 6) is -12.6. The number of hydrogen-bond donors (Lipinski definition) is 4. The van der Waals surface area contributed by atoms with Crippen LogP contribution in [0.1, 0.15) is 59.0 Å². The summed E-state index contributed by atoms with van der Waals surface area (Å²) in [6.45, 7) is 1.68. The van der Waals surface area contributed by atoms with Gasteiger partial charge in [-0.1, -0.05) is 0 Å². The molecule has 0 spiro atoms. The van der Waals surface area contributed by atoms with Crippen molar-refractivity contribution in [2.45, 2.75) is 56.9 Å². The van der Waals surface area contributed by atoms with E-state index in [0.29, 0.717) is 25.1 Å². The van der Waals surface area contributed by atoms with Crippen molar-refractivity contribution < 1.29 is 50.3 Å². The number of benzene rings is 1. The fourth-order valence-corrected chi connectivity index (χ4v) is 4.38. The lowest BCUT2D eigenvalue weighted by atomic mass is 9.93. The van der Waals surface area contributed by atoms with Crippen LogP contribution < -0.4 is 21.3 Å². The Bertz CT molecular complexity index is 1460. The number of pyridine rings is 1. The molecule has 0 radical (unpaired) electrons. The lowest BCUT2D eigenvalue weighted by molar-refractivity contribution is -0.141. The van der Waals surface area contributed by atoms with E-state index in [1.54, 1.807) is 6.92 Å². The van der Waals surface area contributed by atoms with Gasteiger partial charge in [-0.3, -0.25) is 29.0 Å². The molecule has 224 valence electrons. The lowest BCUT2D eigenvalue weighted by Gasteiger charge is -2.21. The maximum atomic E-state index is 14.9. The van der Waals surface area contributed by atoms with Gasteiger partial charge in [-0.25, -0.2) is 13.2 Å². The zero-order valence-electron chi connectivity index (χ0n) is 21.7. The minimum Gasteiger partial charge on any atom is -0.353 e. The standard InChI is InChI=1S/C26H23F6N5O5/c1-10-6-12(23(40)34-10)7-16(21(38)25(42)35-13-2-3-13)37-24(41)18-15(9-14(27)19(28)20(18)29)36-22(39)11-4-5-33-17(8-11)26(30,31)32/h4-5,8-10,12-13,16H,2-3,6-7H2,1H3,(H,34,40)(H,35,42)(H,36,39)(H,37,41)/t10-,12+,16+/m1/s1. The van der Waals surface area contributed by atoms with Crippen LogP contribution >= 0.6 is 0 Å². The SMILES string of the molecule is C[C@@H]1C[C@@H](C[C@H](NC(=O)c2c(NC(=O)c3ccnc(C(F)(F)F)c3)cc(F)c(F)c2F)C(=O)C(=O)NC2CC2)C(=O)N1. The minimum absolute atomic E-state index is 0.222. The third-order valence-electron chi connectivity index (χ3n) is 6.63. The predicted molar refractivity (Wildman–Crippen MR) is 131 cm³/mol. The van der Waals surface area contributed by atoms with Crippen LogP contribution in [0.5, 0.6) is 0 Å². The monoisotopic (exact) mass is 599 g/mol. The summed E-state index contributed by atoms with van der Waals surface area (Å²) in [5.41, 5.74) is -4.42. The molecule has 4 N–H and O–H groups in total. The van der Waals surface area contributed by atoms with Crippen LogP contribution in [0.15, 0.2) is 24.4 Å². The van der Waals surface area contributed by atoms with E-state index in [1.807, 2.05) is 5.32 Å². The van der Waals surface area contributed by atoms with Gasteiger partial charge in [-0.2, -0.15) is 13.2 Å². The van der Waals surface area contributed by atoms with Crippen molar-refractivity contribution in [1.82, 2.24) is 20.9 Å². The van der Waals surface area contributed by atoms with Gasteiger partial charge in [0, 0.05) is 35.8 Å². The zero-order chi connectivity index (χ0) is 30.9. The van der Waals surface area contributed by atoms with Crippen molar-refractivity contribution >= 4 is 35.1 Å². The number of alkyl halides is 3. The van der Waals surface area contributed by atoms with Gasteiger partial charge in [-0.05, 0) is 44.7 Å². The van der Waals surface area contributed by atoms with Crippen LogP contribution in [0.4, 0.5) is 32.0 Å². The van der Waals surface area contributed by atoms with E-state index in [9.17, 15) is 50.3 Å². The number of Topliss-reactive ketones (excluding diaryl/α,β-unsaturated/α-hetero) is 1. The number of nitrogens with zero attached hydrogens (tertiary/aromatic N) is 1. The van der Waals surface area contributed by atoms with E-state index < -0.39 is 93.9 Å². The molecule has 16 heteroatoms. The topological polar surface area (TPSA) is 146 Å². The first-order valence-electron chi connectivity index (χ1n) is 12.6. The number of carbonyl (C=O) groups excluding carboxylic acids is 5. The van der Waals surface area contributed by atoms with Gasteiger partial charge in [0.2, 0.25) is 11.7 Å². The Morgan fingerprint density at radius 2 is 1.76 bits per heavy atom. The number of amides is 4. The first-order valence-corrected chi connectivity index (χ1v) is 12.6. The second kappa shape index (κ2) is 11.8. The molecule has 2 aromatic rings. The van der Waals surface area contributed by atoms with E-state index in [4.69, 9.17) is 0 Å². The van der Waals surface area contributed by atoms with Crippen molar-refractivity contribution in [3.8, 4) is 0 Å². The molecule has 2 fully saturated rings. The summed E-state index contributed by atoms with van der Waals surface area (Å²) >= 11 is 0. The molecule has 4 amide bonds. The first kappa shape index (κ1) is 30.5. The van der Waals surface area contributed by atoms with Gasteiger partial charge in [-0.15, -0.1) is 0 Å². The maximum absolute atomic E-state index is 14.9. The Kier molecular flexibility index (Phi) is 8.54. The normalized spacial score (nSPS) is 19.1. The lowest BCUT2D eigenvalue weighted by Crippen LogP contribution is -2.49. The number of halogens is 6. The smallest absolute Gasteiger partial charge is 0.353 e. The maximum Gasteiger partial charge on any atom is 0.433 e. The summed E-state index contributed by atoms with van der Waals surface area (Å²) in [6.07, 6.45) is -3.22. The van der Waals surface area contributed by atoms with Crippen LogP contribution in [0.25, 0.3) is 0 Å². The van der Waals surface area contributed by atoms with Gasteiger partial charge in [0.25, 0.3) is 17.7 Å². The Morgan fingerprint density at radius 3 is 2.36 bits per heavy atom. The molecular formula is C26H23F6N5O5. The highest BCUT2D eigenvalue weighted by Gasteiger charge is 2.39. The second-order valence-electron chi connectivity index (χ2n) is 10.0. The molecule has 10 nitrogen and oxygen atoms in total. The molecule has 0 bridgehead atoms. The summed E-state index contributed by atoms with van der Waals surface area (Å²) in [6, 6.07) is -0.856. The van der Waals surface area contributed by atoms with E-state index in [1.165, 1.54) is 0 Å².